The van der Waals surface area contributed by atoms with E-state index in [0.717, 1.165) is 10.2 Å². The van der Waals surface area contributed by atoms with Gasteiger partial charge < -0.3 is 15.8 Å². The van der Waals surface area contributed by atoms with Crippen molar-refractivity contribution < 1.29 is 9.53 Å². The van der Waals surface area contributed by atoms with Gasteiger partial charge in [0.2, 0.25) is 0 Å². The van der Waals surface area contributed by atoms with Gasteiger partial charge >= 0.3 is 0 Å². The van der Waals surface area contributed by atoms with E-state index in [-0.39, 0.29) is 17.5 Å². The van der Waals surface area contributed by atoms with Gasteiger partial charge in [0, 0.05) is 11.8 Å². The molecular formula is C14H17BrN4O2. The molecule has 0 radical (unpaired) electrons. The number of carbonyl (C=O) groups excluding carboxylic acids is 1. The van der Waals surface area contributed by atoms with E-state index >= 15 is 0 Å². The SMILES string of the molecule is COc1cc(NC(=O)c2n[nH]c(C(C)C)c2N)ccc1Br. The van der Waals surface area contributed by atoms with E-state index in [2.05, 4.69) is 31.4 Å². The standard InChI is InChI=1S/C14H17BrN4O2/c1-7(2)12-11(16)13(19-18-12)14(20)17-8-4-5-9(15)10(6-8)21-3/h4-7H,16H2,1-3H3,(H,17,20)(H,18,19). The maximum absolute atomic E-state index is 12.2. The van der Waals surface area contributed by atoms with Crippen LogP contribution in [0.4, 0.5) is 11.4 Å². The molecule has 4 N–H and O–H groups in total. The normalized spacial score (nSPS) is 10.7. The molecule has 21 heavy (non-hydrogen) atoms. The van der Waals surface area contributed by atoms with E-state index < -0.39 is 0 Å². The molecule has 1 aromatic heterocycles. The van der Waals surface area contributed by atoms with Crippen molar-refractivity contribution in [1.82, 2.24) is 10.2 Å². The van der Waals surface area contributed by atoms with Gasteiger partial charge in [0.25, 0.3) is 5.91 Å². The zero-order valence-corrected chi connectivity index (χ0v) is 13.6. The second-order valence-electron chi connectivity index (χ2n) is 4.86. The number of nitrogen functional groups attached to an aromatic ring is 1. The summed E-state index contributed by atoms with van der Waals surface area (Å²) in [6, 6.07) is 5.27. The molecule has 0 aliphatic carbocycles. The number of hydrogen-bond acceptors (Lipinski definition) is 4. The minimum absolute atomic E-state index is 0.173. The third-order valence-corrected chi connectivity index (χ3v) is 3.69. The van der Waals surface area contributed by atoms with Gasteiger partial charge in [-0.2, -0.15) is 5.10 Å². The van der Waals surface area contributed by atoms with Crippen molar-refractivity contribution >= 4 is 33.2 Å². The zero-order chi connectivity index (χ0) is 15.6. The van der Waals surface area contributed by atoms with Crippen molar-refractivity contribution in [3.8, 4) is 5.75 Å². The number of methoxy groups -OCH3 is 1. The quantitative estimate of drug-likeness (QED) is 0.787. The lowest BCUT2D eigenvalue weighted by atomic mass is 10.1. The molecule has 0 spiro atoms. The highest BCUT2D eigenvalue weighted by atomic mass is 79.9. The van der Waals surface area contributed by atoms with E-state index in [1.807, 2.05) is 13.8 Å². The summed E-state index contributed by atoms with van der Waals surface area (Å²) in [5.41, 5.74) is 7.89. The largest absolute Gasteiger partial charge is 0.495 e. The molecule has 2 rings (SSSR count). The molecule has 0 unspecified atom stereocenters. The fourth-order valence-electron chi connectivity index (χ4n) is 1.91. The second-order valence-corrected chi connectivity index (χ2v) is 5.71. The number of aromatic amines is 1. The van der Waals surface area contributed by atoms with Crippen LogP contribution in [0.1, 0.15) is 35.9 Å². The van der Waals surface area contributed by atoms with Crippen LogP contribution in [0.25, 0.3) is 0 Å². The van der Waals surface area contributed by atoms with Crippen LogP contribution in [0.5, 0.6) is 5.75 Å². The molecule has 1 aromatic carbocycles. The molecule has 1 amide bonds. The molecule has 0 saturated heterocycles. The number of aromatic nitrogens is 2. The maximum atomic E-state index is 12.2. The molecule has 0 atom stereocenters. The Morgan fingerprint density at radius 2 is 2.19 bits per heavy atom. The Kier molecular flexibility index (Phi) is 4.52. The predicted molar refractivity (Wildman–Crippen MR) is 85.7 cm³/mol. The van der Waals surface area contributed by atoms with Crippen LogP contribution in [0.3, 0.4) is 0 Å². The van der Waals surface area contributed by atoms with Crippen molar-refractivity contribution in [2.45, 2.75) is 19.8 Å². The van der Waals surface area contributed by atoms with Crippen molar-refractivity contribution in [2.24, 2.45) is 0 Å². The Morgan fingerprint density at radius 3 is 2.76 bits per heavy atom. The van der Waals surface area contributed by atoms with E-state index in [0.29, 0.717) is 17.1 Å². The zero-order valence-electron chi connectivity index (χ0n) is 12.0. The van der Waals surface area contributed by atoms with Crippen LogP contribution in [0, 0.1) is 0 Å². The van der Waals surface area contributed by atoms with Gasteiger partial charge in [-0.25, -0.2) is 0 Å². The average molecular weight is 353 g/mol. The third-order valence-electron chi connectivity index (χ3n) is 3.03. The first-order valence-electron chi connectivity index (χ1n) is 6.42. The Morgan fingerprint density at radius 1 is 1.48 bits per heavy atom. The van der Waals surface area contributed by atoms with E-state index in [9.17, 15) is 4.79 Å². The molecule has 6 nitrogen and oxygen atoms in total. The Labute approximate surface area is 131 Å². The number of rotatable bonds is 4. The summed E-state index contributed by atoms with van der Waals surface area (Å²) in [7, 11) is 1.56. The van der Waals surface area contributed by atoms with E-state index in [1.165, 1.54) is 0 Å². The number of carbonyl (C=O) groups is 1. The molecule has 0 aliphatic heterocycles. The minimum Gasteiger partial charge on any atom is -0.495 e. The molecule has 0 bridgehead atoms. The lowest BCUT2D eigenvalue weighted by Crippen LogP contribution is -2.14. The summed E-state index contributed by atoms with van der Waals surface area (Å²) in [5.74, 6) is 0.442. The molecule has 0 saturated carbocycles. The Hall–Kier alpha value is -2.02. The predicted octanol–water partition coefficient (Wildman–Crippen LogP) is 3.14. The van der Waals surface area contributed by atoms with Crippen LogP contribution in [0.2, 0.25) is 0 Å². The molecule has 0 fully saturated rings. The molecule has 2 aromatic rings. The van der Waals surface area contributed by atoms with Crippen LogP contribution >= 0.6 is 15.9 Å². The third kappa shape index (κ3) is 3.18. The van der Waals surface area contributed by atoms with E-state index in [4.69, 9.17) is 10.5 Å². The first-order chi connectivity index (χ1) is 9.93. The number of anilines is 2. The lowest BCUT2D eigenvalue weighted by molar-refractivity contribution is 0.102. The first kappa shape index (κ1) is 15.4. The number of benzene rings is 1. The summed E-state index contributed by atoms with van der Waals surface area (Å²) in [4.78, 5) is 12.2. The van der Waals surface area contributed by atoms with Gasteiger partial charge in [0.15, 0.2) is 5.69 Å². The maximum Gasteiger partial charge on any atom is 0.278 e. The fraction of sp³-hybridized carbons (Fsp3) is 0.286. The smallest absolute Gasteiger partial charge is 0.278 e. The monoisotopic (exact) mass is 352 g/mol. The Balaban J connectivity index is 2.22. The highest BCUT2D eigenvalue weighted by Gasteiger charge is 2.19. The van der Waals surface area contributed by atoms with Crippen molar-refractivity contribution in [3.05, 3.63) is 34.1 Å². The molecule has 112 valence electrons. The highest BCUT2D eigenvalue weighted by Crippen LogP contribution is 2.28. The van der Waals surface area contributed by atoms with Crippen LogP contribution < -0.4 is 15.8 Å². The number of H-pyrrole nitrogens is 1. The van der Waals surface area contributed by atoms with Crippen molar-refractivity contribution in [2.75, 3.05) is 18.2 Å². The fourth-order valence-corrected chi connectivity index (χ4v) is 2.31. The number of halogens is 1. The number of nitrogens with zero attached hydrogens (tertiary/aromatic N) is 1. The van der Waals surface area contributed by atoms with E-state index in [1.54, 1.807) is 25.3 Å². The number of nitrogens with two attached hydrogens (primary N) is 1. The van der Waals surface area contributed by atoms with Gasteiger partial charge in [-0.05, 0) is 34.0 Å². The first-order valence-corrected chi connectivity index (χ1v) is 7.22. The summed E-state index contributed by atoms with van der Waals surface area (Å²) < 4.78 is 6.00. The van der Waals surface area contributed by atoms with Crippen LogP contribution in [-0.2, 0) is 0 Å². The minimum atomic E-state index is -0.361. The number of nitrogens with one attached hydrogen (secondary N) is 2. The van der Waals surface area contributed by atoms with Crippen LogP contribution in [0.15, 0.2) is 22.7 Å². The Bertz CT molecular complexity index is 667. The molecule has 1 heterocycles. The summed E-state index contributed by atoms with van der Waals surface area (Å²) in [6.45, 7) is 3.95. The van der Waals surface area contributed by atoms with Gasteiger partial charge in [0.05, 0.1) is 23.0 Å². The van der Waals surface area contributed by atoms with Crippen molar-refractivity contribution in [1.29, 1.82) is 0 Å². The average Bonchev–Trinajstić information content (AvgIpc) is 2.83. The molecule has 7 heteroatoms. The van der Waals surface area contributed by atoms with Gasteiger partial charge in [-0.3, -0.25) is 9.89 Å². The topological polar surface area (TPSA) is 93.0 Å². The lowest BCUT2D eigenvalue weighted by Gasteiger charge is -2.08. The number of ether oxygens (including phenoxy) is 1. The number of amides is 1. The highest BCUT2D eigenvalue weighted by molar-refractivity contribution is 9.10. The summed E-state index contributed by atoms with van der Waals surface area (Å²) >= 11 is 3.36. The van der Waals surface area contributed by atoms with Gasteiger partial charge in [0.1, 0.15) is 5.75 Å². The molecular weight excluding hydrogens is 336 g/mol. The van der Waals surface area contributed by atoms with Gasteiger partial charge in [-0.1, -0.05) is 13.8 Å². The van der Waals surface area contributed by atoms with Gasteiger partial charge in [-0.15, -0.1) is 0 Å². The second kappa shape index (κ2) is 6.17. The summed E-state index contributed by atoms with van der Waals surface area (Å²) in [6.07, 6.45) is 0. The number of hydrogen-bond donors (Lipinski definition) is 3. The van der Waals surface area contributed by atoms with Crippen LogP contribution in [-0.4, -0.2) is 23.2 Å². The van der Waals surface area contributed by atoms with Crippen molar-refractivity contribution in [3.63, 3.8) is 0 Å². The summed E-state index contributed by atoms with van der Waals surface area (Å²) in [5, 5.41) is 9.55. The molecule has 0 aliphatic rings.